The highest BCUT2D eigenvalue weighted by Crippen LogP contribution is 2.31. The minimum Gasteiger partial charge on any atom is -0.404 e. The molecule has 1 aromatic carbocycles. The number of hydrogen-bond donors (Lipinski definition) is 3. The quantitative estimate of drug-likeness (QED) is 0.439. The molecule has 2 atom stereocenters. The van der Waals surface area contributed by atoms with Crippen molar-refractivity contribution in [3.8, 4) is 0 Å². The Bertz CT molecular complexity index is 856. The predicted octanol–water partition coefficient (Wildman–Crippen LogP) is 3.95. The van der Waals surface area contributed by atoms with Crippen LogP contribution in [0, 0.1) is 0 Å². The number of likely N-dealkylation sites (tertiary alicyclic amines) is 1. The second kappa shape index (κ2) is 11.2. The largest absolute Gasteiger partial charge is 0.404 e. The third-order valence-corrected chi connectivity index (χ3v) is 5.85. The zero-order chi connectivity index (χ0) is 21.3. The summed E-state index contributed by atoms with van der Waals surface area (Å²) in [5.74, 6) is 0.791. The number of pyridine rings is 1. The van der Waals surface area contributed by atoms with Crippen molar-refractivity contribution in [2.45, 2.75) is 37.5 Å². The fraction of sp³-hybridized carbons (Fsp3) is 0.391. The Morgan fingerprint density at radius 2 is 2.23 bits per heavy atom. The van der Waals surface area contributed by atoms with E-state index in [1.165, 1.54) is 5.56 Å². The van der Waals surface area contributed by atoms with Gasteiger partial charge in [0.1, 0.15) is 0 Å². The number of β-amino-alcohol motifs (C(OH)–C–C–N with tert-alkyl or cyclic N) is 1. The van der Waals surface area contributed by atoms with Gasteiger partial charge in [0.2, 0.25) is 0 Å². The van der Waals surface area contributed by atoms with E-state index in [0.29, 0.717) is 24.2 Å². The number of nitrogens with zero attached hydrogens (tertiary/aromatic N) is 3. The van der Waals surface area contributed by atoms with Crippen molar-refractivity contribution in [1.29, 1.82) is 0 Å². The Balaban J connectivity index is 1.57. The van der Waals surface area contributed by atoms with Crippen LogP contribution in [0.1, 0.15) is 31.7 Å². The van der Waals surface area contributed by atoms with Crippen LogP contribution in [0.25, 0.3) is 0 Å². The first-order valence-corrected chi connectivity index (χ1v) is 11.2. The summed E-state index contributed by atoms with van der Waals surface area (Å²) >= 11 is 1.70. The topological polar surface area (TPSA) is 86.8 Å². The van der Waals surface area contributed by atoms with Crippen molar-refractivity contribution in [1.82, 2.24) is 9.88 Å². The number of piperidine rings is 1. The summed E-state index contributed by atoms with van der Waals surface area (Å²) in [6.07, 6.45) is 5.52. The molecule has 1 fully saturated rings. The Morgan fingerprint density at radius 3 is 2.93 bits per heavy atom. The number of benzene rings is 1. The Labute approximate surface area is 183 Å². The minimum absolute atomic E-state index is 0.138. The Morgan fingerprint density at radius 1 is 1.37 bits per heavy atom. The number of aliphatic imine (C=N–C) groups is 1. The highest BCUT2D eigenvalue weighted by atomic mass is 32.2. The molecule has 3 rings (SSSR count). The molecule has 30 heavy (non-hydrogen) atoms. The van der Waals surface area contributed by atoms with Gasteiger partial charge < -0.3 is 15.6 Å². The van der Waals surface area contributed by atoms with E-state index in [9.17, 15) is 5.11 Å². The van der Waals surface area contributed by atoms with Crippen LogP contribution < -0.4 is 10.5 Å². The lowest BCUT2D eigenvalue weighted by atomic mass is 9.87. The summed E-state index contributed by atoms with van der Waals surface area (Å²) in [6.45, 7) is 6.48. The van der Waals surface area contributed by atoms with E-state index in [2.05, 4.69) is 57.7 Å². The van der Waals surface area contributed by atoms with Gasteiger partial charge in [-0.2, -0.15) is 0 Å². The molecule has 160 valence electrons. The molecule has 0 amide bonds. The molecule has 4 N–H and O–H groups in total. The maximum Gasteiger partial charge on any atom is 0.151 e. The van der Waals surface area contributed by atoms with Crippen LogP contribution in [0.4, 0.5) is 11.5 Å². The number of rotatable bonds is 8. The lowest BCUT2D eigenvalue weighted by molar-refractivity contribution is 0.0564. The number of aliphatic hydroxyl groups excluding tert-OH is 1. The molecule has 0 saturated carbocycles. The fourth-order valence-corrected chi connectivity index (χ4v) is 4.02. The zero-order valence-corrected chi connectivity index (χ0v) is 18.4. The van der Waals surface area contributed by atoms with E-state index in [1.807, 2.05) is 18.2 Å². The monoisotopic (exact) mass is 425 g/mol. The highest BCUT2D eigenvalue weighted by molar-refractivity contribution is 8.01. The fourth-order valence-electron chi connectivity index (χ4n) is 3.52. The average molecular weight is 426 g/mol. The first kappa shape index (κ1) is 22.3. The molecule has 2 aromatic rings. The standard InChI is InChI=1S/C23H31N5OS/c1-17(2)30-27-20-7-5-6-19(12-20)21-9-11-28(16-22(21)29)15-18(13-24)14-26-23-8-3-4-10-25-23/h3-8,10,12-14,17,21-22,27,29H,9,11,15-16,24H2,1-2H3. The van der Waals surface area contributed by atoms with Crippen LogP contribution in [0.2, 0.25) is 0 Å². The van der Waals surface area contributed by atoms with Crippen LogP contribution >= 0.6 is 11.9 Å². The zero-order valence-electron chi connectivity index (χ0n) is 17.6. The molecule has 2 heterocycles. The van der Waals surface area contributed by atoms with Crippen LogP contribution in [0.3, 0.4) is 0 Å². The number of nitrogens with one attached hydrogen (secondary N) is 1. The van der Waals surface area contributed by atoms with E-state index in [1.54, 1.807) is 30.6 Å². The van der Waals surface area contributed by atoms with Gasteiger partial charge in [0.25, 0.3) is 0 Å². The number of aliphatic hydroxyl groups is 1. The van der Waals surface area contributed by atoms with Crippen molar-refractivity contribution in [2.24, 2.45) is 10.7 Å². The van der Waals surface area contributed by atoms with E-state index >= 15 is 0 Å². The molecule has 0 bridgehead atoms. The maximum absolute atomic E-state index is 10.8. The van der Waals surface area contributed by atoms with Gasteiger partial charge in [-0.1, -0.05) is 32.0 Å². The molecule has 6 nitrogen and oxygen atoms in total. The molecule has 1 aliphatic heterocycles. The minimum atomic E-state index is -0.418. The van der Waals surface area contributed by atoms with Gasteiger partial charge in [-0.3, -0.25) is 4.90 Å². The molecule has 0 spiro atoms. The molecular formula is C23H31N5OS. The van der Waals surface area contributed by atoms with E-state index in [0.717, 1.165) is 24.2 Å². The summed E-state index contributed by atoms with van der Waals surface area (Å²) < 4.78 is 3.39. The van der Waals surface area contributed by atoms with Crippen molar-refractivity contribution in [3.05, 3.63) is 66.0 Å². The second-order valence-electron chi connectivity index (χ2n) is 7.78. The third-order valence-electron chi connectivity index (χ3n) is 5.03. The summed E-state index contributed by atoms with van der Waals surface area (Å²) in [5, 5.41) is 11.3. The number of nitrogens with two attached hydrogens (primary N) is 1. The molecule has 0 radical (unpaired) electrons. The van der Waals surface area contributed by atoms with E-state index < -0.39 is 6.10 Å². The van der Waals surface area contributed by atoms with E-state index in [-0.39, 0.29) is 5.92 Å². The van der Waals surface area contributed by atoms with Gasteiger partial charge in [0.15, 0.2) is 5.82 Å². The summed E-state index contributed by atoms with van der Waals surface area (Å²) in [6, 6.07) is 14.0. The van der Waals surface area contributed by atoms with Gasteiger partial charge in [0, 0.05) is 42.4 Å². The van der Waals surface area contributed by atoms with Crippen LogP contribution in [0.5, 0.6) is 0 Å². The first-order valence-electron chi connectivity index (χ1n) is 10.3. The molecule has 1 aromatic heterocycles. The van der Waals surface area contributed by atoms with Crippen molar-refractivity contribution >= 4 is 29.7 Å². The summed E-state index contributed by atoms with van der Waals surface area (Å²) in [4.78, 5) is 10.8. The molecule has 7 heteroatoms. The lowest BCUT2D eigenvalue weighted by Gasteiger charge is -2.36. The van der Waals surface area contributed by atoms with Crippen molar-refractivity contribution in [3.63, 3.8) is 0 Å². The predicted molar refractivity (Wildman–Crippen MR) is 127 cm³/mol. The Hall–Kier alpha value is -2.35. The van der Waals surface area contributed by atoms with Crippen LogP contribution in [-0.4, -0.2) is 52.2 Å². The van der Waals surface area contributed by atoms with E-state index in [4.69, 9.17) is 5.73 Å². The van der Waals surface area contributed by atoms with Crippen LogP contribution in [0.15, 0.2) is 65.4 Å². The second-order valence-corrected chi connectivity index (χ2v) is 9.16. The number of hydrogen-bond acceptors (Lipinski definition) is 7. The normalized spacial score (nSPS) is 20.7. The SMILES string of the molecule is CC(C)SNc1cccc(C2CCN(CC(C=Nc3ccccn3)=CN)CC2O)c1. The highest BCUT2D eigenvalue weighted by Gasteiger charge is 2.29. The van der Waals surface area contributed by atoms with Crippen molar-refractivity contribution in [2.75, 3.05) is 24.4 Å². The average Bonchev–Trinajstić information content (AvgIpc) is 2.76. The third kappa shape index (κ3) is 6.58. The molecule has 1 aliphatic rings. The van der Waals surface area contributed by atoms with Gasteiger partial charge in [-0.15, -0.1) is 0 Å². The smallest absolute Gasteiger partial charge is 0.151 e. The summed E-state index contributed by atoms with van der Waals surface area (Å²) in [7, 11) is 0. The molecule has 1 saturated heterocycles. The summed E-state index contributed by atoms with van der Waals surface area (Å²) in [5.41, 5.74) is 8.97. The van der Waals surface area contributed by atoms with Crippen molar-refractivity contribution < 1.29 is 5.11 Å². The number of anilines is 1. The molecule has 0 aliphatic carbocycles. The van der Waals surface area contributed by atoms with Gasteiger partial charge in [0.05, 0.1) is 6.10 Å². The van der Waals surface area contributed by atoms with Crippen LogP contribution in [-0.2, 0) is 0 Å². The van der Waals surface area contributed by atoms with Gasteiger partial charge in [-0.05, 0) is 66.5 Å². The van der Waals surface area contributed by atoms with Gasteiger partial charge >= 0.3 is 0 Å². The lowest BCUT2D eigenvalue weighted by Crippen LogP contribution is -2.43. The maximum atomic E-state index is 10.8. The Kier molecular flexibility index (Phi) is 8.30. The molecule has 2 unspecified atom stereocenters. The molecular weight excluding hydrogens is 394 g/mol. The first-order chi connectivity index (χ1) is 14.5. The van der Waals surface area contributed by atoms with Gasteiger partial charge in [-0.25, -0.2) is 9.98 Å². The number of aromatic nitrogens is 1.